The van der Waals surface area contributed by atoms with Gasteiger partial charge in [-0.05, 0) is 17.7 Å². The molecule has 2 aromatic rings. The van der Waals surface area contributed by atoms with E-state index in [4.69, 9.17) is 5.11 Å². The van der Waals surface area contributed by atoms with Gasteiger partial charge < -0.3 is 10.1 Å². The molecule has 0 unspecified atom stereocenters. The molecule has 1 aromatic heterocycles. The molecule has 1 aromatic carbocycles. The lowest BCUT2D eigenvalue weighted by Gasteiger charge is -1.93. The van der Waals surface area contributed by atoms with Crippen LogP contribution in [0.15, 0.2) is 18.2 Å². The molecule has 1 heterocycles. The van der Waals surface area contributed by atoms with Gasteiger partial charge in [-0.1, -0.05) is 6.07 Å². The topological polar surface area (TPSA) is 48.9 Å². The zero-order valence-electron chi connectivity index (χ0n) is 7.17. The van der Waals surface area contributed by atoms with Gasteiger partial charge in [0.1, 0.15) is 0 Å². The van der Waals surface area contributed by atoms with Crippen molar-refractivity contribution in [2.24, 2.45) is 0 Å². The van der Waals surface area contributed by atoms with E-state index in [1.54, 1.807) is 18.2 Å². The zero-order valence-corrected chi connectivity index (χ0v) is 7.17. The molecule has 0 radical (unpaired) electrons. The predicted octanol–water partition coefficient (Wildman–Crippen LogP) is 1.99. The third kappa shape index (κ3) is 1.46. The lowest BCUT2D eigenvalue weighted by Crippen LogP contribution is -1.85. The van der Waals surface area contributed by atoms with Crippen LogP contribution >= 0.6 is 0 Å². The maximum Gasteiger partial charge on any atom is 0.295 e. The Morgan fingerprint density at radius 3 is 2.86 bits per heavy atom. The number of aliphatic hydroxyl groups excluding tert-OH is 1. The number of hydrogen-bond acceptors (Lipinski definition) is 2. The molecule has 0 bridgehead atoms. The van der Waals surface area contributed by atoms with Gasteiger partial charge in [0.15, 0.2) is 5.82 Å². The SMILES string of the molecule is OCc1ccc2nc(C(F)F)[nH]c2c1. The van der Waals surface area contributed by atoms with Crippen LogP contribution in [0.2, 0.25) is 0 Å². The number of benzene rings is 1. The zero-order chi connectivity index (χ0) is 10.1. The van der Waals surface area contributed by atoms with Crippen molar-refractivity contribution in [1.82, 2.24) is 9.97 Å². The Kier molecular flexibility index (Phi) is 2.17. The summed E-state index contributed by atoms with van der Waals surface area (Å²) in [6.45, 7) is -0.112. The second kappa shape index (κ2) is 3.34. The highest BCUT2D eigenvalue weighted by Crippen LogP contribution is 2.20. The first-order valence-corrected chi connectivity index (χ1v) is 4.08. The van der Waals surface area contributed by atoms with Gasteiger partial charge >= 0.3 is 0 Å². The van der Waals surface area contributed by atoms with Crippen LogP contribution < -0.4 is 0 Å². The normalized spacial score (nSPS) is 11.4. The van der Waals surface area contributed by atoms with Crippen LogP contribution in [0.3, 0.4) is 0 Å². The molecule has 2 rings (SSSR count). The van der Waals surface area contributed by atoms with Crippen LogP contribution in [-0.4, -0.2) is 15.1 Å². The van der Waals surface area contributed by atoms with Gasteiger partial charge in [0.05, 0.1) is 17.6 Å². The van der Waals surface area contributed by atoms with Crippen molar-refractivity contribution in [3.05, 3.63) is 29.6 Å². The second-order valence-electron chi connectivity index (χ2n) is 2.93. The first kappa shape index (κ1) is 9.08. The molecule has 0 saturated heterocycles. The molecule has 74 valence electrons. The van der Waals surface area contributed by atoms with Gasteiger partial charge in [-0.25, -0.2) is 13.8 Å². The summed E-state index contributed by atoms with van der Waals surface area (Å²) in [5, 5.41) is 8.83. The number of nitrogens with zero attached hydrogens (tertiary/aromatic N) is 1. The molecule has 3 nitrogen and oxygen atoms in total. The highest BCUT2D eigenvalue weighted by molar-refractivity contribution is 5.75. The van der Waals surface area contributed by atoms with Crippen molar-refractivity contribution >= 4 is 11.0 Å². The molecule has 0 fully saturated rings. The van der Waals surface area contributed by atoms with Gasteiger partial charge in [0.25, 0.3) is 6.43 Å². The Morgan fingerprint density at radius 2 is 2.21 bits per heavy atom. The molecule has 0 amide bonds. The number of hydrogen-bond donors (Lipinski definition) is 2. The Morgan fingerprint density at radius 1 is 1.43 bits per heavy atom. The van der Waals surface area contributed by atoms with Gasteiger partial charge in [-0.2, -0.15) is 0 Å². The van der Waals surface area contributed by atoms with Gasteiger partial charge in [0.2, 0.25) is 0 Å². The summed E-state index contributed by atoms with van der Waals surface area (Å²) in [4.78, 5) is 6.20. The fourth-order valence-corrected chi connectivity index (χ4v) is 1.28. The third-order valence-corrected chi connectivity index (χ3v) is 1.95. The predicted molar refractivity (Wildman–Crippen MR) is 47.0 cm³/mol. The van der Waals surface area contributed by atoms with E-state index in [0.29, 0.717) is 16.6 Å². The van der Waals surface area contributed by atoms with Crippen LogP contribution in [0.5, 0.6) is 0 Å². The van der Waals surface area contributed by atoms with Crippen LogP contribution in [-0.2, 0) is 6.61 Å². The van der Waals surface area contributed by atoms with Crippen molar-refractivity contribution in [3.8, 4) is 0 Å². The number of alkyl halides is 2. The standard InChI is InChI=1S/C9H8F2N2O/c10-8(11)9-12-6-2-1-5(4-14)3-7(6)13-9/h1-3,8,14H,4H2,(H,12,13). The van der Waals surface area contributed by atoms with Crippen molar-refractivity contribution in [1.29, 1.82) is 0 Å². The quantitative estimate of drug-likeness (QED) is 0.775. The number of fused-ring (bicyclic) bond motifs is 1. The highest BCUT2D eigenvalue weighted by atomic mass is 19.3. The average Bonchev–Trinajstić information content (AvgIpc) is 2.59. The van der Waals surface area contributed by atoms with E-state index in [1.807, 2.05) is 0 Å². The van der Waals surface area contributed by atoms with Crippen LogP contribution in [0.4, 0.5) is 8.78 Å². The first-order chi connectivity index (χ1) is 6.70. The number of H-pyrrole nitrogens is 1. The summed E-state index contributed by atoms with van der Waals surface area (Å²) >= 11 is 0. The minimum Gasteiger partial charge on any atom is -0.392 e. The molecule has 0 saturated carbocycles. The third-order valence-electron chi connectivity index (χ3n) is 1.95. The number of aromatic nitrogens is 2. The molecule has 0 aliphatic heterocycles. The van der Waals surface area contributed by atoms with Gasteiger partial charge in [-0.3, -0.25) is 0 Å². The summed E-state index contributed by atoms with van der Waals surface area (Å²) < 4.78 is 24.5. The van der Waals surface area contributed by atoms with Gasteiger partial charge in [-0.15, -0.1) is 0 Å². The molecule has 0 aliphatic carbocycles. The van der Waals surface area contributed by atoms with E-state index in [2.05, 4.69) is 9.97 Å². The fourth-order valence-electron chi connectivity index (χ4n) is 1.28. The Hall–Kier alpha value is -1.49. The minimum absolute atomic E-state index is 0.112. The average molecular weight is 198 g/mol. The number of aromatic amines is 1. The van der Waals surface area contributed by atoms with E-state index in [0.717, 1.165) is 0 Å². The number of aliphatic hydroxyl groups is 1. The summed E-state index contributed by atoms with van der Waals surface area (Å²) in [6, 6.07) is 4.86. The number of rotatable bonds is 2. The molecular formula is C9H8F2N2O. The Bertz CT molecular complexity index is 453. The smallest absolute Gasteiger partial charge is 0.295 e. The largest absolute Gasteiger partial charge is 0.392 e. The van der Waals surface area contributed by atoms with E-state index in [1.165, 1.54) is 0 Å². The monoisotopic (exact) mass is 198 g/mol. The molecular weight excluding hydrogens is 190 g/mol. The number of imidazole rings is 1. The minimum atomic E-state index is -2.60. The Balaban J connectivity index is 2.54. The lowest BCUT2D eigenvalue weighted by atomic mass is 10.2. The summed E-state index contributed by atoms with van der Waals surface area (Å²) in [6.07, 6.45) is -2.60. The summed E-state index contributed by atoms with van der Waals surface area (Å²) in [5.41, 5.74) is 1.67. The highest BCUT2D eigenvalue weighted by Gasteiger charge is 2.12. The van der Waals surface area contributed by atoms with E-state index in [-0.39, 0.29) is 12.4 Å². The Labute approximate surface area is 78.4 Å². The molecule has 2 N–H and O–H groups in total. The molecule has 0 atom stereocenters. The molecule has 0 spiro atoms. The summed E-state index contributed by atoms with van der Waals surface area (Å²) in [7, 11) is 0. The van der Waals surface area contributed by atoms with Crippen LogP contribution in [0.1, 0.15) is 17.8 Å². The van der Waals surface area contributed by atoms with Crippen molar-refractivity contribution in [2.45, 2.75) is 13.0 Å². The van der Waals surface area contributed by atoms with Gasteiger partial charge in [0, 0.05) is 0 Å². The lowest BCUT2D eigenvalue weighted by molar-refractivity contribution is 0.142. The van der Waals surface area contributed by atoms with Crippen molar-refractivity contribution < 1.29 is 13.9 Å². The second-order valence-corrected chi connectivity index (χ2v) is 2.93. The van der Waals surface area contributed by atoms with Crippen molar-refractivity contribution in [3.63, 3.8) is 0 Å². The van der Waals surface area contributed by atoms with E-state index >= 15 is 0 Å². The molecule has 0 aliphatic rings. The first-order valence-electron chi connectivity index (χ1n) is 4.08. The molecule has 5 heteroatoms. The van der Waals surface area contributed by atoms with Crippen LogP contribution in [0, 0.1) is 0 Å². The summed E-state index contributed by atoms with van der Waals surface area (Å²) in [5.74, 6) is -0.338. The fraction of sp³-hybridized carbons (Fsp3) is 0.222. The number of nitrogens with one attached hydrogen (secondary N) is 1. The van der Waals surface area contributed by atoms with Crippen LogP contribution in [0.25, 0.3) is 11.0 Å². The maximum absolute atomic E-state index is 12.2. The van der Waals surface area contributed by atoms with Crippen molar-refractivity contribution in [2.75, 3.05) is 0 Å². The number of halogens is 2. The maximum atomic E-state index is 12.2. The van der Waals surface area contributed by atoms with E-state index < -0.39 is 6.43 Å². The molecule has 14 heavy (non-hydrogen) atoms. The van der Waals surface area contributed by atoms with E-state index in [9.17, 15) is 8.78 Å².